The number of aromatic carboxylic acids is 1. The second-order valence-corrected chi connectivity index (χ2v) is 29.4. The van der Waals surface area contributed by atoms with Crippen LogP contribution in [0.1, 0.15) is 128 Å². The lowest BCUT2D eigenvalue weighted by Crippen LogP contribution is -2.41. The van der Waals surface area contributed by atoms with Gasteiger partial charge >= 0.3 is 13.1 Å². The van der Waals surface area contributed by atoms with E-state index < -0.39 is 13.1 Å². The molecule has 0 spiro atoms. The molecule has 10 heterocycles. The normalized spacial score (nSPS) is 15.3. The molecule has 4 aliphatic rings. The maximum Gasteiger partial charge on any atom is 0.494 e. The number of hydrogen-bond donors (Lipinski definition) is 4. The van der Waals surface area contributed by atoms with Gasteiger partial charge in [-0.2, -0.15) is 15.8 Å². The Balaban J connectivity index is 0.000000137. The van der Waals surface area contributed by atoms with Gasteiger partial charge in [-0.3, -0.25) is 24.5 Å². The van der Waals surface area contributed by atoms with Gasteiger partial charge in [0.25, 0.3) is 0 Å². The van der Waals surface area contributed by atoms with Crippen LogP contribution in [0, 0.1) is 34.0 Å². The Bertz CT molecular complexity index is 5500. The quantitative estimate of drug-likeness (QED) is 0.0458. The van der Waals surface area contributed by atoms with Crippen LogP contribution < -0.4 is 35.6 Å². The first-order chi connectivity index (χ1) is 55.6. The number of nitriles is 3. The molecule has 16 rings (SSSR count). The summed E-state index contributed by atoms with van der Waals surface area (Å²) in [5.74, 6) is 2.11. The lowest BCUT2D eigenvalue weighted by Gasteiger charge is -2.32. The minimum absolute atomic E-state index is 0.0193. The van der Waals surface area contributed by atoms with Crippen LogP contribution in [0.25, 0.3) is 89.5 Å². The van der Waals surface area contributed by atoms with Gasteiger partial charge in [0.2, 0.25) is 0 Å². The number of fused-ring (bicyclic) bond motifs is 3. The van der Waals surface area contributed by atoms with Crippen molar-refractivity contribution in [3.63, 3.8) is 0 Å². The molecule has 4 N–H and O–H groups in total. The topological polar surface area (TPSA) is 331 Å². The molecule has 0 aliphatic carbocycles. The second kappa shape index (κ2) is 35.8. The lowest BCUT2D eigenvalue weighted by atomic mass is 9.78. The molecule has 6 aromatic heterocycles. The molecule has 6 aromatic carbocycles. The number of methoxy groups -OCH3 is 3. The molecule has 26 heteroatoms. The van der Waals surface area contributed by atoms with Crippen LogP contribution in [0.2, 0.25) is 5.02 Å². The number of carboxylic acids is 1. The number of nitrogens with one attached hydrogen (secondary N) is 3. The van der Waals surface area contributed by atoms with Gasteiger partial charge < -0.3 is 72.0 Å². The zero-order chi connectivity index (χ0) is 81.1. The third kappa shape index (κ3) is 18.3. The van der Waals surface area contributed by atoms with Crippen molar-refractivity contribution in [2.24, 2.45) is 0 Å². The Morgan fingerprint density at radius 3 is 1.17 bits per heavy atom. The molecule has 0 amide bonds. The van der Waals surface area contributed by atoms with Gasteiger partial charge in [-0.15, -0.1) is 0 Å². The van der Waals surface area contributed by atoms with Crippen molar-refractivity contribution in [1.82, 2.24) is 15.0 Å². The zero-order valence-corrected chi connectivity index (χ0v) is 65.9. The molecule has 0 radical (unpaired) electrons. The van der Waals surface area contributed by atoms with Crippen molar-refractivity contribution in [3.8, 4) is 91.7 Å². The fourth-order valence-electron chi connectivity index (χ4n) is 13.8. The third-order valence-corrected chi connectivity index (χ3v) is 21.3. The summed E-state index contributed by atoms with van der Waals surface area (Å²) in [5.41, 5.74) is 14.8. The van der Waals surface area contributed by atoms with E-state index in [1.165, 1.54) is 33.1 Å². The van der Waals surface area contributed by atoms with E-state index in [0.717, 1.165) is 134 Å². The highest BCUT2D eigenvalue weighted by Gasteiger charge is 2.52. The molecule has 12 aromatic rings. The van der Waals surface area contributed by atoms with E-state index in [2.05, 4.69) is 49.1 Å². The predicted molar refractivity (Wildman–Crippen MR) is 440 cm³/mol. The molecule has 0 atom stereocenters. The first kappa shape index (κ1) is 80.7. The van der Waals surface area contributed by atoms with Crippen LogP contribution in [0.15, 0.2) is 177 Å². The fraction of sp³-hybridized carbons (Fsp3) is 0.292. The van der Waals surface area contributed by atoms with Crippen LogP contribution in [-0.4, -0.2) is 135 Å². The van der Waals surface area contributed by atoms with Gasteiger partial charge in [0.1, 0.15) is 69.3 Å². The molecule has 115 heavy (non-hydrogen) atoms. The van der Waals surface area contributed by atoms with E-state index in [1.54, 1.807) is 87.4 Å². The number of aromatic nitrogens is 3. The largest absolute Gasteiger partial charge is 0.496 e. The Morgan fingerprint density at radius 2 is 0.800 bits per heavy atom. The molecular weight excluding hydrogens is 1480 g/mol. The number of anilines is 3. The molecule has 4 saturated heterocycles. The van der Waals surface area contributed by atoms with Gasteiger partial charge in [-0.1, -0.05) is 41.9 Å². The molecule has 0 saturated carbocycles. The molecule has 0 bridgehead atoms. The summed E-state index contributed by atoms with van der Waals surface area (Å²) in [4.78, 5) is 47.7. The van der Waals surface area contributed by atoms with Gasteiger partial charge in [-0.05, 0) is 194 Å². The van der Waals surface area contributed by atoms with Crippen molar-refractivity contribution in [2.75, 3.05) is 76.9 Å². The van der Waals surface area contributed by atoms with Crippen molar-refractivity contribution in [3.05, 3.63) is 203 Å². The van der Waals surface area contributed by atoms with Crippen molar-refractivity contribution in [1.29, 1.82) is 15.8 Å². The monoisotopic (exact) mass is 1570 g/mol. The van der Waals surface area contributed by atoms with Crippen molar-refractivity contribution >= 4 is 92.1 Å². The van der Waals surface area contributed by atoms with Gasteiger partial charge in [0, 0.05) is 117 Å². The number of carboxylic acid groups (broad SMARTS) is 1. The number of nitrogens with zero attached hydrogens (tertiary/aromatic N) is 6. The number of Topliss-reactive ketones (excluding diaryl/α,β-unsaturated/α-hetero) is 2. The van der Waals surface area contributed by atoms with Crippen molar-refractivity contribution < 1.29 is 70.5 Å². The Hall–Kier alpha value is -12.4. The Morgan fingerprint density at radius 1 is 0.452 bits per heavy atom. The zero-order valence-electron chi connectivity index (χ0n) is 65.1. The van der Waals surface area contributed by atoms with E-state index in [1.807, 2.05) is 107 Å². The summed E-state index contributed by atoms with van der Waals surface area (Å²) in [5, 5.41) is 49.3. The van der Waals surface area contributed by atoms with Gasteiger partial charge in [0.05, 0.1) is 93.6 Å². The lowest BCUT2D eigenvalue weighted by molar-refractivity contribution is 0.00578. The molecule has 4 aliphatic heterocycles. The fourth-order valence-corrected chi connectivity index (χ4v) is 14.0. The molecule has 24 nitrogen and oxygen atoms in total. The molecule has 586 valence electrons. The maximum atomic E-state index is 11.8. The minimum atomic E-state index is -1.04. The summed E-state index contributed by atoms with van der Waals surface area (Å²) < 4.78 is 62.9. The standard InChI is InChI=1S/C28H25N3O4.C27H23N3O5.C18H25BN2O3.C16H12ClNO3/c1-17(32)18-3-5-23(26(14-18)33-2)27-15-25-28(35-27)22(7-10-30-25)19-4-6-24(20(13-19)16-29)31-21-8-11-34-12-9-21;1-33-24-13-17(27(31)32)2-4-21(24)25-14-23-26(35-25)20(6-9-29-23)16-3-5-22(18(12-16)15-28)30-19-7-10-34-11-8-19;1-17(2)18(3,4)24-19(23-17)14-5-6-16(13(11-14)12-20)21-15-7-9-22-10-8-15;1-9(19)10-3-4-11(14(7-10)20-2)15-8-13-16(21-15)12(17)5-6-18-13/h3-7,10,13-15,21,31H,8-9,11-12H2,1-2H3;2-6,9,12-14,19,30H,7-8,10-11H2,1H3,(H,31,32);5-6,11,15,21H,7-10H2,1-4H3;3-8H,1-2H3. The van der Waals surface area contributed by atoms with Gasteiger partial charge in [0.15, 0.2) is 28.3 Å². The number of ketones is 2. The van der Waals surface area contributed by atoms with E-state index in [-0.39, 0.29) is 34.4 Å². The number of carbonyl (C=O) groups is 3. The summed E-state index contributed by atoms with van der Waals surface area (Å²) in [6.45, 7) is 15.6. The van der Waals surface area contributed by atoms with E-state index in [0.29, 0.717) is 118 Å². The number of halogens is 1. The number of rotatable bonds is 18. The average Bonchev–Trinajstić information content (AvgIpc) is 1.63. The average molecular weight is 1570 g/mol. The van der Waals surface area contributed by atoms with E-state index in [9.17, 15) is 35.3 Å². The Kier molecular flexibility index (Phi) is 25.1. The maximum absolute atomic E-state index is 11.8. The van der Waals surface area contributed by atoms with E-state index in [4.69, 9.17) is 62.6 Å². The second-order valence-electron chi connectivity index (χ2n) is 29.0. The first-order valence-corrected chi connectivity index (χ1v) is 38.1. The summed E-state index contributed by atoms with van der Waals surface area (Å²) >= 11 is 6.09. The van der Waals surface area contributed by atoms with Gasteiger partial charge in [-0.25, -0.2) is 4.79 Å². The number of hydrogen-bond acceptors (Lipinski definition) is 23. The highest BCUT2D eigenvalue weighted by Crippen LogP contribution is 2.43. The van der Waals surface area contributed by atoms with E-state index >= 15 is 0 Å². The van der Waals surface area contributed by atoms with Crippen LogP contribution in [0.5, 0.6) is 17.2 Å². The van der Waals surface area contributed by atoms with Crippen molar-refractivity contribution in [2.45, 2.75) is 109 Å². The number of furan rings is 3. The molecule has 0 unspecified atom stereocenters. The predicted octanol–water partition coefficient (Wildman–Crippen LogP) is 18.0. The highest BCUT2D eigenvalue weighted by molar-refractivity contribution is 6.62. The third-order valence-electron chi connectivity index (χ3n) is 21.0. The SMILES string of the molecule is CC1(C)OB(c2ccc(NC3CCOCC3)c(C#N)c2)OC1(C)C.COc1cc(C(=O)O)ccc1-c1cc2nccc(-c3ccc(NC4CCOCC4)c(C#N)c3)c2o1.COc1cc(C(C)=O)ccc1-c1cc2nccc(-c3ccc(NC4CCOCC4)c(C#N)c3)c2o1.COc1cc(C(C)=O)ccc1-c1cc2nccc(Cl)c2o1. The highest BCUT2D eigenvalue weighted by atomic mass is 35.5. The summed E-state index contributed by atoms with van der Waals surface area (Å²) in [6.07, 6.45) is 10.6. The van der Waals surface area contributed by atoms with Crippen LogP contribution in [0.4, 0.5) is 17.1 Å². The number of pyridine rings is 3. The number of benzene rings is 6. The molecular formula is C89H85BClN9O15. The number of carbonyl (C=O) groups excluding carboxylic acids is 2. The van der Waals surface area contributed by atoms with Crippen LogP contribution in [0.3, 0.4) is 0 Å². The molecule has 4 fully saturated rings. The van der Waals surface area contributed by atoms with Crippen LogP contribution in [-0.2, 0) is 23.5 Å². The minimum Gasteiger partial charge on any atom is -0.496 e. The van der Waals surface area contributed by atoms with Crippen LogP contribution >= 0.6 is 11.6 Å². The Labute approximate surface area is 670 Å². The summed E-state index contributed by atoms with van der Waals surface area (Å²) in [7, 11) is 4.15. The summed E-state index contributed by atoms with van der Waals surface area (Å²) in [6, 6.07) is 51.2. The number of ether oxygens (including phenoxy) is 6. The smallest absolute Gasteiger partial charge is 0.494 e. The first-order valence-electron chi connectivity index (χ1n) is 37.7.